The Morgan fingerprint density at radius 1 is 1.00 bits per heavy atom. The number of esters is 1. The van der Waals surface area contributed by atoms with E-state index in [4.69, 9.17) is 4.74 Å². The lowest BCUT2D eigenvalue weighted by atomic mass is 9.91. The molecular weight excluding hydrogens is 399 g/mol. The monoisotopic (exact) mass is 424 g/mol. The number of rotatable bonds is 3. The van der Waals surface area contributed by atoms with Gasteiger partial charge in [0.25, 0.3) is 5.91 Å². The molecule has 0 unspecified atom stereocenters. The van der Waals surface area contributed by atoms with Gasteiger partial charge >= 0.3 is 5.97 Å². The van der Waals surface area contributed by atoms with Gasteiger partial charge in [0.05, 0.1) is 12.7 Å². The Balaban J connectivity index is 1.45. The zero-order valence-electron chi connectivity index (χ0n) is 17.5. The third-order valence-corrected chi connectivity index (χ3v) is 6.14. The normalized spacial score (nSPS) is 16.6. The van der Waals surface area contributed by atoms with Crippen LogP contribution in [-0.2, 0) is 16.0 Å². The first-order valence-corrected chi connectivity index (χ1v) is 10.6. The molecule has 4 rings (SSSR count). The van der Waals surface area contributed by atoms with E-state index in [1.165, 1.54) is 31.4 Å². The largest absolute Gasteiger partial charge is 0.465 e. The molecule has 7 heteroatoms. The number of fused-ring (bicyclic) bond motifs is 1. The smallest absolute Gasteiger partial charge is 0.338 e. The molecule has 0 atom stereocenters. The van der Waals surface area contributed by atoms with E-state index in [1.54, 1.807) is 21.9 Å². The molecule has 1 fully saturated rings. The molecule has 2 aliphatic heterocycles. The van der Waals surface area contributed by atoms with Crippen molar-refractivity contribution in [3.8, 4) is 0 Å². The van der Waals surface area contributed by atoms with Gasteiger partial charge in [-0.1, -0.05) is 6.07 Å². The summed E-state index contributed by atoms with van der Waals surface area (Å²) in [4.78, 5) is 41.6. The number of amides is 2. The van der Waals surface area contributed by atoms with Gasteiger partial charge in [-0.15, -0.1) is 0 Å². The van der Waals surface area contributed by atoms with Gasteiger partial charge in [0.2, 0.25) is 5.91 Å². The lowest BCUT2D eigenvalue weighted by molar-refractivity contribution is -0.123. The van der Waals surface area contributed by atoms with Crippen molar-refractivity contribution in [1.29, 1.82) is 0 Å². The van der Waals surface area contributed by atoms with Crippen LogP contribution in [0.5, 0.6) is 0 Å². The van der Waals surface area contributed by atoms with E-state index >= 15 is 0 Å². The summed E-state index contributed by atoms with van der Waals surface area (Å²) in [5.41, 5.74) is 2.60. The number of benzene rings is 2. The van der Waals surface area contributed by atoms with E-state index in [9.17, 15) is 18.8 Å². The SMILES string of the molecule is COC(=O)c1cccc2c1CCCN2C(=O)C1CCN(C(=O)c2ccc(F)cc2)CC1. The Morgan fingerprint density at radius 2 is 1.71 bits per heavy atom. The summed E-state index contributed by atoms with van der Waals surface area (Å²) in [7, 11) is 1.36. The van der Waals surface area contributed by atoms with Crippen molar-refractivity contribution in [1.82, 2.24) is 4.90 Å². The van der Waals surface area contributed by atoms with Crippen LogP contribution in [0.15, 0.2) is 42.5 Å². The van der Waals surface area contributed by atoms with Crippen molar-refractivity contribution >= 4 is 23.5 Å². The van der Waals surface area contributed by atoms with Crippen LogP contribution >= 0.6 is 0 Å². The van der Waals surface area contributed by atoms with E-state index in [0.29, 0.717) is 43.6 Å². The number of hydrogen-bond acceptors (Lipinski definition) is 4. The van der Waals surface area contributed by atoms with Crippen molar-refractivity contribution in [2.24, 2.45) is 5.92 Å². The summed E-state index contributed by atoms with van der Waals surface area (Å²) in [6.07, 6.45) is 2.67. The van der Waals surface area contributed by atoms with Gasteiger partial charge in [0.15, 0.2) is 0 Å². The molecule has 2 amide bonds. The molecule has 2 aromatic rings. The molecule has 2 aliphatic rings. The van der Waals surface area contributed by atoms with Crippen molar-refractivity contribution in [3.63, 3.8) is 0 Å². The minimum atomic E-state index is -0.390. The highest BCUT2D eigenvalue weighted by Gasteiger charge is 2.33. The van der Waals surface area contributed by atoms with Crippen LogP contribution < -0.4 is 4.90 Å². The van der Waals surface area contributed by atoms with Gasteiger partial charge in [0, 0.05) is 36.8 Å². The van der Waals surface area contributed by atoms with Crippen molar-refractivity contribution < 1.29 is 23.5 Å². The van der Waals surface area contributed by atoms with Gasteiger partial charge in [0.1, 0.15) is 5.82 Å². The average molecular weight is 424 g/mol. The molecule has 0 aliphatic carbocycles. The highest BCUT2D eigenvalue weighted by molar-refractivity contribution is 6.00. The molecule has 31 heavy (non-hydrogen) atoms. The maximum absolute atomic E-state index is 13.3. The predicted molar refractivity (Wildman–Crippen MR) is 113 cm³/mol. The molecule has 0 saturated carbocycles. The number of carbonyl (C=O) groups excluding carboxylic acids is 3. The van der Waals surface area contributed by atoms with Crippen molar-refractivity contribution in [2.45, 2.75) is 25.7 Å². The minimum absolute atomic E-state index is 0.0387. The average Bonchev–Trinajstić information content (AvgIpc) is 2.82. The van der Waals surface area contributed by atoms with E-state index < -0.39 is 5.97 Å². The Kier molecular flexibility index (Phi) is 6.02. The number of halogens is 1. The van der Waals surface area contributed by atoms with Crippen LogP contribution in [0.25, 0.3) is 0 Å². The Hall–Kier alpha value is -3.22. The van der Waals surface area contributed by atoms with Crippen LogP contribution in [0.3, 0.4) is 0 Å². The van der Waals surface area contributed by atoms with Gasteiger partial charge in [-0.2, -0.15) is 0 Å². The maximum Gasteiger partial charge on any atom is 0.338 e. The van der Waals surface area contributed by atoms with Gasteiger partial charge in [-0.05, 0) is 67.6 Å². The fourth-order valence-corrected chi connectivity index (χ4v) is 4.48. The number of anilines is 1. The van der Waals surface area contributed by atoms with Gasteiger partial charge < -0.3 is 14.5 Å². The van der Waals surface area contributed by atoms with E-state index in [0.717, 1.165) is 24.1 Å². The number of piperidine rings is 1. The quantitative estimate of drug-likeness (QED) is 0.708. The summed E-state index contributed by atoms with van der Waals surface area (Å²) in [5, 5.41) is 0. The summed E-state index contributed by atoms with van der Waals surface area (Å²) in [6.45, 7) is 1.58. The van der Waals surface area contributed by atoms with Crippen LogP contribution in [-0.4, -0.2) is 49.4 Å². The van der Waals surface area contributed by atoms with Crippen LogP contribution in [0.1, 0.15) is 45.5 Å². The molecule has 0 spiro atoms. The van der Waals surface area contributed by atoms with E-state index in [-0.39, 0.29) is 23.5 Å². The number of hydrogen-bond donors (Lipinski definition) is 0. The summed E-state index contributed by atoms with van der Waals surface area (Å²) >= 11 is 0. The van der Waals surface area contributed by atoms with E-state index in [2.05, 4.69) is 0 Å². The lowest BCUT2D eigenvalue weighted by Crippen LogP contribution is -2.46. The molecule has 0 bridgehead atoms. The first-order chi connectivity index (χ1) is 15.0. The number of methoxy groups -OCH3 is 1. The molecule has 1 saturated heterocycles. The first kappa shape index (κ1) is 21.0. The minimum Gasteiger partial charge on any atom is -0.465 e. The fraction of sp³-hybridized carbons (Fsp3) is 0.375. The second-order valence-electron chi connectivity index (χ2n) is 7.96. The third-order valence-electron chi connectivity index (χ3n) is 6.14. The first-order valence-electron chi connectivity index (χ1n) is 10.6. The number of nitrogens with zero attached hydrogens (tertiary/aromatic N) is 2. The van der Waals surface area contributed by atoms with E-state index in [1.807, 2.05) is 6.07 Å². The standard InChI is InChI=1S/C24H25FN2O4/c1-31-24(30)20-4-2-6-21-19(20)5-3-13-27(21)23(29)17-11-14-26(15-12-17)22(28)16-7-9-18(25)10-8-16/h2,4,6-10,17H,3,5,11-15H2,1H3. The maximum atomic E-state index is 13.3. The summed E-state index contributed by atoms with van der Waals surface area (Å²) < 4.78 is 18.0. The van der Waals surface area contributed by atoms with Crippen LogP contribution in [0.2, 0.25) is 0 Å². The van der Waals surface area contributed by atoms with Crippen molar-refractivity contribution in [3.05, 3.63) is 65.0 Å². The molecule has 2 aromatic carbocycles. The molecular formula is C24H25FN2O4. The molecule has 2 heterocycles. The lowest BCUT2D eigenvalue weighted by Gasteiger charge is -2.36. The fourth-order valence-electron chi connectivity index (χ4n) is 4.48. The number of carbonyl (C=O) groups is 3. The second kappa shape index (κ2) is 8.88. The Labute approximate surface area is 180 Å². The molecule has 6 nitrogen and oxygen atoms in total. The molecule has 0 N–H and O–H groups in total. The van der Waals surface area contributed by atoms with Crippen LogP contribution in [0, 0.1) is 11.7 Å². The number of likely N-dealkylation sites (tertiary alicyclic amines) is 1. The third kappa shape index (κ3) is 4.17. The predicted octanol–water partition coefficient (Wildman–Crippen LogP) is 3.44. The molecule has 0 radical (unpaired) electrons. The topological polar surface area (TPSA) is 66.9 Å². The highest BCUT2D eigenvalue weighted by atomic mass is 19.1. The van der Waals surface area contributed by atoms with Crippen LogP contribution in [0.4, 0.5) is 10.1 Å². The molecule has 0 aromatic heterocycles. The van der Waals surface area contributed by atoms with Crippen molar-refractivity contribution in [2.75, 3.05) is 31.6 Å². The van der Waals surface area contributed by atoms with Gasteiger partial charge in [-0.25, -0.2) is 9.18 Å². The molecule has 162 valence electrons. The second-order valence-corrected chi connectivity index (χ2v) is 7.96. The number of ether oxygens (including phenoxy) is 1. The summed E-state index contributed by atoms with van der Waals surface area (Å²) in [5.74, 6) is -1.05. The Morgan fingerprint density at radius 3 is 2.39 bits per heavy atom. The van der Waals surface area contributed by atoms with Gasteiger partial charge in [-0.3, -0.25) is 9.59 Å². The zero-order chi connectivity index (χ0) is 22.0. The summed E-state index contributed by atoms with van der Waals surface area (Å²) in [6, 6.07) is 10.9. The zero-order valence-corrected chi connectivity index (χ0v) is 17.5. The highest BCUT2D eigenvalue weighted by Crippen LogP contribution is 2.33. The Bertz CT molecular complexity index is 997.